The Morgan fingerprint density at radius 2 is 1.92 bits per heavy atom. The highest BCUT2D eigenvalue weighted by atomic mass is 16.7. The zero-order valence-electron chi connectivity index (χ0n) is 13.4. The number of carbonyl (C=O) groups is 2. The molecule has 1 N–H and O–H groups in total. The molecule has 1 saturated heterocycles. The van der Waals surface area contributed by atoms with Crippen molar-refractivity contribution in [3.8, 4) is 5.75 Å². The summed E-state index contributed by atoms with van der Waals surface area (Å²) in [5.41, 5.74) is 2.18. The van der Waals surface area contributed by atoms with E-state index in [9.17, 15) is 14.7 Å². The van der Waals surface area contributed by atoms with E-state index in [2.05, 4.69) is 4.98 Å². The van der Waals surface area contributed by atoms with Crippen molar-refractivity contribution in [1.82, 2.24) is 4.98 Å². The van der Waals surface area contributed by atoms with Gasteiger partial charge in [0, 0.05) is 24.6 Å². The molecule has 25 heavy (non-hydrogen) atoms. The van der Waals surface area contributed by atoms with Gasteiger partial charge in [0.1, 0.15) is 11.4 Å². The molecule has 2 heterocycles. The van der Waals surface area contributed by atoms with Gasteiger partial charge in [0.2, 0.25) is 5.78 Å². The number of ketones is 2. The topological polar surface area (TPSA) is 85.7 Å². The molecule has 0 amide bonds. The van der Waals surface area contributed by atoms with Crippen LogP contribution in [0.1, 0.15) is 49.5 Å². The Hall–Kier alpha value is -2.57. The maximum Gasteiger partial charge on any atom is 0.216 e. The Balaban J connectivity index is 1.69. The molecule has 5 rings (SSSR count). The zero-order valence-corrected chi connectivity index (χ0v) is 13.4. The van der Waals surface area contributed by atoms with Crippen LogP contribution >= 0.6 is 0 Å². The number of rotatable bonds is 0. The molecule has 2 aromatic rings. The standard InChI is InChI=1S/C19H15NO5/c21-16-12-2-1-5-20-15(12)18(23)14-13(16)8-10-9-19(24-6-7-25-19)4-3-11(10)17(14)22/h1-2,5,8,22H,3-4,6-7,9H2. The van der Waals surface area contributed by atoms with E-state index < -0.39 is 11.6 Å². The molecule has 3 aliphatic rings. The van der Waals surface area contributed by atoms with Gasteiger partial charge in [0.15, 0.2) is 11.6 Å². The molecule has 1 aliphatic heterocycles. The van der Waals surface area contributed by atoms with Gasteiger partial charge in [-0.3, -0.25) is 14.6 Å². The number of pyridine rings is 1. The smallest absolute Gasteiger partial charge is 0.216 e. The summed E-state index contributed by atoms with van der Waals surface area (Å²) in [7, 11) is 0. The summed E-state index contributed by atoms with van der Waals surface area (Å²) in [5.74, 6) is -1.47. The number of phenolic OH excluding ortho intramolecular Hbond substituents is 1. The van der Waals surface area contributed by atoms with Crippen LogP contribution in [-0.4, -0.2) is 40.7 Å². The summed E-state index contributed by atoms with van der Waals surface area (Å²) in [6.45, 7) is 1.09. The minimum Gasteiger partial charge on any atom is -0.507 e. The fourth-order valence-electron chi connectivity index (χ4n) is 4.08. The van der Waals surface area contributed by atoms with Gasteiger partial charge in [-0.05, 0) is 35.7 Å². The third-order valence-corrected chi connectivity index (χ3v) is 5.27. The molecule has 0 unspecified atom stereocenters. The Morgan fingerprint density at radius 1 is 1.12 bits per heavy atom. The lowest BCUT2D eigenvalue weighted by Crippen LogP contribution is -2.37. The average Bonchev–Trinajstić information content (AvgIpc) is 3.07. The van der Waals surface area contributed by atoms with Gasteiger partial charge in [0.05, 0.1) is 24.3 Å². The van der Waals surface area contributed by atoms with Crippen molar-refractivity contribution in [1.29, 1.82) is 0 Å². The van der Waals surface area contributed by atoms with E-state index in [1.54, 1.807) is 18.2 Å². The van der Waals surface area contributed by atoms with Gasteiger partial charge >= 0.3 is 0 Å². The van der Waals surface area contributed by atoms with Crippen LogP contribution in [0.4, 0.5) is 0 Å². The van der Waals surface area contributed by atoms with Crippen LogP contribution in [-0.2, 0) is 22.3 Å². The van der Waals surface area contributed by atoms with Crippen molar-refractivity contribution in [3.05, 3.63) is 57.9 Å². The molecule has 6 nitrogen and oxygen atoms in total. The van der Waals surface area contributed by atoms with Gasteiger partial charge in [-0.2, -0.15) is 0 Å². The number of nitrogens with zero attached hydrogens (tertiary/aromatic N) is 1. The Kier molecular flexibility index (Phi) is 2.93. The van der Waals surface area contributed by atoms with Crippen LogP contribution in [0.25, 0.3) is 0 Å². The molecule has 1 fully saturated rings. The number of aromatic nitrogens is 1. The van der Waals surface area contributed by atoms with Crippen LogP contribution in [0.5, 0.6) is 5.75 Å². The van der Waals surface area contributed by atoms with Crippen LogP contribution in [0.15, 0.2) is 24.4 Å². The second-order valence-corrected chi connectivity index (χ2v) is 6.63. The van der Waals surface area contributed by atoms with Crippen molar-refractivity contribution < 1.29 is 24.2 Å². The molecule has 1 aromatic heterocycles. The Bertz CT molecular complexity index is 943. The lowest BCUT2D eigenvalue weighted by molar-refractivity contribution is -0.163. The second-order valence-electron chi connectivity index (χ2n) is 6.63. The fraction of sp³-hybridized carbons (Fsp3) is 0.316. The Labute approximate surface area is 143 Å². The zero-order chi connectivity index (χ0) is 17.2. The van der Waals surface area contributed by atoms with Crippen molar-refractivity contribution >= 4 is 11.6 Å². The fourth-order valence-corrected chi connectivity index (χ4v) is 4.08. The molecule has 1 spiro atoms. The predicted molar refractivity (Wildman–Crippen MR) is 85.9 cm³/mol. The monoisotopic (exact) mass is 337 g/mol. The average molecular weight is 337 g/mol. The summed E-state index contributed by atoms with van der Waals surface area (Å²) in [4.78, 5) is 29.7. The highest BCUT2D eigenvalue weighted by Crippen LogP contribution is 2.43. The highest BCUT2D eigenvalue weighted by Gasteiger charge is 2.43. The van der Waals surface area contributed by atoms with Crippen molar-refractivity contribution in [2.45, 2.75) is 25.0 Å². The van der Waals surface area contributed by atoms with Gasteiger partial charge < -0.3 is 14.6 Å². The minimum atomic E-state index is -0.672. The summed E-state index contributed by atoms with van der Waals surface area (Å²) >= 11 is 0. The normalized spacial score (nSPS) is 20.3. The van der Waals surface area contributed by atoms with E-state index in [0.29, 0.717) is 38.0 Å². The van der Waals surface area contributed by atoms with E-state index in [4.69, 9.17) is 9.47 Å². The van der Waals surface area contributed by atoms with Crippen molar-refractivity contribution in [2.75, 3.05) is 13.2 Å². The van der Waals surface area contributed by atoms with Crippen LogP contribution in [0, 0.1) is 0 Å². The number of fused-ring (bicyclic) bond motifs is 3. The van der Waals surface area contributed by atoms with E-state index in [-0.39, 0.29) is 33.9 Å². The van der Waals surface area contributed by atoms with E-state index >= 15 is 0 Å². The summed E-state index contributed by atoms with van der Waals surface area (Å²) in [6, 6.07) is 4.93. The van der Waals surface area contributed by atoms with Gasteiger partial charge in [-0.1, -0.05) is 0 Å². The van der Waals surface area contributed by atoms with E-state index in [0.717, 1.165) is 5.56 Å². The SMILES string of the molecule is O=C1c2cccnc2C(=O)c2c1cc1c(c2O)CCC2(C1)OCCO2. The van der Waals surface area contributed by atoms with Crippen molar-refractivity contribution in [3.63, 3.8) is 0 Å². The molecule has 0 radical (unpaired) electrons. The van der Waals surface area contributed by atoms with Crippen LogP contribution in [0.2, 0.25) is 0 Å². The van der Waals surface area contributed by atoms with Gasteiger partial charge in [0.25, 0.3) is 0 Å². The third-order valence-electron chi connectivity index (χ3n) is 5.27. The number of hydrogen-bond acceptors (Lipinski definition) is 6. The van der Waals surface area contributed by atoms with Crippen molar-refractivity contribution in [2.24, 2.45) is 0 Å². The first-order chi connectivity index (χ1) is 12.1. The molecule has 126 valence electrons. The minimum absolute atomic E-state index is 0.0687. The number of aromatic hydroxyl groups is 1. The largest absolute Gasteiger partial charge is 0.507 e. The lowest BCUT2D eigenvalue weighted by atomic mass is 9.79. The highest BCUT2D eigenvalue weighted by molar-refractivity contribution is 6.28. The van der Waals surface area contributed by atoms with E-state index in [1.807, 2.05) is 0 Å². The number of phenols is 1. The molecule has 0 saturated carbocycles. The molecule has 0 atom stereocenters. The summed E-state index contributed by atoms with van der Waals surface area (Å²) in [6.07, 6.45) is 3.09. The lowest BCUT2D eigenvalue weighted by Gasteiger charge is -2.34. The predicted octanol–water partition coefficient (Wildman–Crippen LogP) is 1.79. The Morgan fingerprint density at radius 3 is 2.72 bits per heavy atom. The number of hydrogen-bond donors (Lipinski definition) is 1. The second kappa shape index (κ2) is 4.97. The van der Waals surface area contributed by atoms with Crippen LogP contribution in [0.3, 0.4) is 0 Å². The number of carbonyl (C=O) groups excluding carboxylic acids is 2. The first-order valence-electron chi connectivity index (χ1n) is 8.30. The molecule has 0 bridgehead atoms. The molecular formula is C19H15NO5. The maximum absolute atomic E-state index is 12.8. The molecule has 2 aliphatic carbocycles. The van der Waals surface area contributed by atoms with E-state index in [1.165, 1.54) is 6.20 Å². The molecule has 6 heteroatoms. The van der Waals surface area contributed by atoms with Crippen LogP contribution < -0.4 is 0 Å². The summed E-state index contributed by atoms with van der Waals surface area (Å²) in [5, 5.41) is 10.7. The quantitative estimate of drug-likeness (QED) is 0.673. The number of benzene rings is 1. The third kappa shape index (κ3) is 1.95. The molecule has 1 aromatic carbocycles. The van der Waals surface area contributed by atoms with Gasteiger partial charge in [-0.15, -0.1) is 0 Å². The molecular weight excluding hydrogens is 322 g/mol. The number of ether oxygens (including phenoxy) is 2. The summed E-state index contributed by atoms with van der Waals surface area (Å²) < 4.78 is 11.5. The first-order valence-corrected chi connectivity index (χ1v) is 8.30. The maximum atomic E-state index is 12.8. The first kappa shape index (κ1) is 14.7. The van der Waals surface area contributed by atoms with Gasteiger partial charge in [-0.25, -0.2) is 0 Å².